The summed E-state index contributed by atoms with van der Waals surface area (Å²) < 4.78 is 0. The van der Waals surface area contributed by atoms with Crippen molar-refractivity contribution in [2.24, 2.45) is 0 Å². The van der Waals surface area contributed by atoms with Crippen molar-refractivity contribution >= 4 is 11.6 Å². The molecule has 0 bridgehead atoms. The van der Waals surface area contributed by atoms with Crippen LogP contribution in [0.5, 0.6) is 0 Å². The average molecular weight is 281 g/mol. The van der Waals surface area contributed by atoms with Gasteiger partial charge < -0.3 is 10.2 Å². The highest BCUT2D eigenvalue weighted by atomic mass is 16.2. The van der Waals surface area contributed by atoms with E-state index in [9.17, 15) is 4.79 Å². The van der Waals surface area contributed by atoms with Crippen LogP contribution in [0.3, 0.4) is 0 Å². The molecule has 0 unspecified atom stereocenters. The molecule has 1 N–H and O–H groups in total. The largest absolute Gasteiger partial charge is 0.384 e. The summed E-state index contributed by atoms with van der Waals surface area (Å²) in [4.78, 5) is 18.5. The van der Waals surface area contributed by atoms with Crippen LogP contribution in [-0.4, -0.2) is 28.9 Å². The number of carbonyl (C=O) groups is 1. The van der Waals surface area contributed by atoms with Crippen molar-refractivity contribution in [2.45, 2.75) is 19.9 Å². The number of nitrogens with zero attached hydrogens (tertiary/aromatic N) is 2. The van der Waals surface area contributed by atoms with E-state index >= 15 is 0 Å². The molecule has 2 heterocycles. The molecule has 1 aliphatic rings. The molecule has 1 aromatic carbocycles. The van der Waals surface area contributed by atoms with Crippen molar-refractivity contribution in [3.05, 3.63) is 59.4 Å². The lowest BCUT2D eigenvalue weighted by atomic mass is 10.1. The molecule has 0 saturated carbocycles. The van der Waals surface area contributed by atoms with Crippen LogP contribution in [0.2, 0.25) is 0 Å². The van der Waals surface area contributed by atoms with Gasteiger partial charge in [0, 0.05) is 43.3 Å². The average Bonchev–Trinajstić information content (AvgIpc) is 3.00. The van der Waals surface area contributed by atoms with Crippen molar-refractivity contribution in [3.63, 3.8) is 0 Å². The molecule has 4 heteroatoms. The van der Waals surface area contributed by atoms with Crippen molar-refractivity contribution < 1.29 is 4.79 Å². The first-order valence-corrected chi connectivity index (χ1v) is 7.33. The van der Waals surface area contributed by atoms with Crippen LogP contribution < -0.4 is 5.32 Å². The lowest BCUT2D eigenvalue weighted by Crippen LogP contribution is -2.30. The van der Waals surface area contributed by atoms with E-state index in [1.807, 2.05) is 42.2 Å². The normalized spacial score (nSPS) is 12.6. The van der Waals surface area contributed by atoms with Crippen molar-refractivity contribution in [2.75, 3.05) is 18.4 Å². The molecule has 2 aromatic rings. The summed E-state index contributed by atoms with van der Waals surface area (Å²) in [7, 11) is 0. The molecule has 0 saturated heterocycles. The fraction of sp³-hybridized carbons (Fsp3) is 0.294. The third kappa shape index (κ3) is 2.89. The van der Waals surface area contributed by atoms with E-state index in [-0.39, 0.29) is 5.91 Å². The summed E-state index contributed by atoms with van der Waals surface area (Å²) in [5.41, 5.74) is 4.26. The van der Waals surface area contributed by atoms with E-state index in [0.717, 1.165) is 29.8 Å². The molecule has 1 aromatic heterocycles. The molecule has 0 atom stereocenters. The van der Waals surface area contributed by atoms with Crippen molar-refractivity contribution in [1.82, 2.24) is 9.88 Å². The maximum atomic E-state index is 12.7. The van der Waals surface area contributed by atoms with Crippen LogP contribution >= 0.6 is 0 Å². The molecule has 1 aliphatic heterocycles. The Morgan fingerprint density at radius 2 is 2.10 bits per heavy atom. The second-order valence-electron chi connectivity index (χ2n) is 5.22. The van der Waals surface area contributed by atoms with Crippen LogP contribution in [0.1, 0.15) is 28.4 Å². The highest BCUT2D eigenvalue weighted by Gasteiger charge is 2.17. The fourth-order valence-corrected chi connectivity index (χ4v) is 2.66. The zero-order valence-corrected chi connectivity index (χ0v) is 12.2. The topological polar surface area (TPSA) is 45.2 Å². The minimum absolute atomic E-state index is 0.0870. The minimum Gasteiger partial charge on any atom is -0.384 e. The number of anilines is 1. The minimum atomic E-state index is 0.0870. The Labute approximate surface area is 124 Å². The summed E-state index contributed by atoms with van der Waals surface area (Å²) in [6.45, 7) is 4.28. The first kappa shape index (κ1) is 13.6. The first-order chi connectivity index (χ1) is 10.3. The molecule has 4 nitrogen and oxygen atoms in total. The number of hydrogen-bond acceptors (Lipinski definition) is 3. The Kier molecular flexibility index (Phi) is 3.86. The Balaban J connectivity index is 1.79. The molecule has 0 aliphatic carbocycles. The second kappa shape index (κ2) is 5.95. The predicted octanol–water partition coefficient (Wildman–Crippen LogP) is 2.71. The first-order valence-electron chi connectivity index (χ1n) is 7.33. The van der Waals surface area contributed by atoms with Gasteiger partial charge in [-0.3, -0.25) is 9.78 Å². The number of pyridine rings is 1. The van der Waals surface area contributed by atoms with Gasteiger partial charge in [0.1, 0.15) is 0 Å². The standard InChI is InChI=1S/C17H19N3O/c1-2-20(12-13-5-8-18-9-6-13)17(21)15-3-4-16-14(11-15)7-10-19-16/h3-6,8-9,11,19H,2,7,10,12H2,1H3. The zero-order valence-electron chi connectivity index (χ0n) is 12.2. The monoisotopic (exact) mass is 281 g/mol. The van der Waals surface area contributed by atoms with Crippen LogP contribution in [0.4, 0.5) is 5.69 Å². The zero-order chi connectivity index (χ0) is 14.7. The van der Waals surface area contributed by atoms with Gasteiger partial charge in [-0.1, -0.05) is 0 Å². The summed E-state index contributed by atoms with van der Waals surface area (Å²) in [5.74, 6) is 0.0870. The van der Waals surface area contributed by atoms with Gasteiger partial charge in [0.05, 0.1) is 0 Å². The number of rotatable bonds is 4. The molecule has 0 spiro atoms. The molecule has 3 rings (SSSR count). The van der Waals surface area contributed by atoms with Crippen molar-refractivity contribution in [3.8, 4) is 0 Å². The van der Waals surface area contributed by atoms with E-state index < -0.39 is 0 Å². The maximum Gasteiger partial charge on any atom is 0.254 e. The van der Waals surface area contributed by atoms with Gasteiger partial charge in [0.2, 0.25) is 0 Å². The Hall–Kier alpha value is -2.36. The fourth-order valence-electron chi connectivity index (χ4n) is 2.66. The van der Waals surface area contributed by atoms with E-state index in [2.05, 4.69) is 10.3 Å². The van der Waals surface area contributed by atoms with Gasteiger partial charge >= 0.3 is 0 Å². The molecule has 1 amide bonds. The predicted molar refractivity (Wildman–Crippen MR) is 83.3 cm³/mol. The lowest BCUT2D eigenvalue weighted by Gasteiger charge is -2.21. The summed E-state index contributed by atoms with van der Waals surface area (Å²) in [6.07, 6.45) is 4.51. The third-order valence-electron chi connectivity index (χ3n) is 3.85. The van der Waals surface area contributed by atoms with Gasteiger partial charge in [-0.05, 0) is 54.8 Å². The maximum absolute atomic E-state index is 12.7. The van der Waals surface area contributed by atoms with Crippen LogP contribution in [-0.2, 0) is 13.0 Å². The van der Waals surface area contributed by atoms with Gasteiger partial charge in [-0.2, -0.15) is 0 Å². The number of fused-ring (bicyclic) bond motifs is 1. The molecule has 108 valence electrons. The smallest absolute Gasteiger partial charge is 0.254 e. The summed E-state index contributed by atoms with van der Waals surface area (Å²) in [6, 6.07) is 9.84. The number of hydrogen-bond donors (Lipinski definition) is 1. The van der Waals surface area contributed by atoms with Gasteiger partial charge in [0.15, 0.2) is 0 Å². The van der Waals surface area contributed by atoms with E-state index in [0.29, 0.717) is 13.1 Å². The van der Waals surface area contributed by atoms with Gasteiger partial charge in [-0.25, -0.2) is 0 Å². The Morgan fingerprint density at radius 3 is 2.86 bits per heavy atom. The highest BCUT2D eigenvalue weighted by Crippen LogP contribution is 2.23. The SMILES string of the molecule is CCN(Cc1ccncc1)C(=O)c1ccc2c(c1)CCN2. The number of amides is 1. The van der Waals surface area contributed by atoms with E-state index in [4.69, 9.17) is 0 Å². The molecule has 0 fully saturated rings. The number of nitrogens with one attached hydrogen (secondary N) is 1. The quantitative estimate of drug-likeness (QED) is 0.937. The number of aromatic nitrogens is 1. The molecule has 0 radical (unpaired) electrons. The second-order valence-corrected chi connectivity index (χ2v) is 5.22. The summed E-state index contributed by atoms with van der Waals surface area (Å²) >= 11 is 0. The van der Waals surface area contributed by atoms with E-state index in [1.54, 1.807) is 12.4 Å². The van der Waals surface area contributed by atoms with Gasteiger partial charge in [-0.15, -0.1) is 0 Å². The van der Waals surface area contributed by atoms with Crippen LogP contribution in [0, 0.1) is 0 Å². The number of benzene rings is 1. The van der Waals surface area contributed by atoms with Gasteiger partial charge in [0.25, 0.3) is 5.91 Å². The Bertz CT molecular complexity index is 640. The Morgan fingerprint density at radius 1 is 1.29 bits per heavy atom. The van der Waals surface area contributed by atoms with Crippen LogP contribution in [0.15, 0.2) is 42.7 Å². The molecular weight excluding hydrogens is 262 g/mol. The molecule has 21 heavy (non-hydrogen) atoms. The van der Waals surface area contributed by atoms with Crippen LogP contribution in [0.25, 0.3) is 0 Å². The summed E-state index contributed by atoms with van der Waals surface area (Å²) in [5, 5.41) is 3.32. The highest BCUT2D eigenvalue weighted by molar-refractivity contribution is 5.95. The third-order valence-corrected chi connectivity index (χ3v) is 3.85. The van der Waals surface area contributed by atoms with Crippen molar-refractivity contribution in [1.29, 1.82) is 0 Å². The molecular formula is C17H19N3O. The lowest BCUT2D eigenvalue weighted by molar-refractivity contribution is 0.0752. The van der Waals surface area contributed by atoms with E-state index in [1.165, 1.54) is 5.56 Å². The number of carbonyl (C=O) groups excluding carboxylic acids is 1.